The maximum atomic E-state index is 11.2. The third-order valence-electron chi connectivity index (χ3n) is 5.84. The van der Waals surface area contributed by atoms with E-state index in [0.29, 0.717) is 18.6 Å². The highest BCUT2D eigenvalue weighted by Gasteiger charge is 2.22. The van der Waals surface area contributed by atoms with E-state index in [1.54, 1.807) is 19.3 Å². The molecule has 1 N–H and O–H groups in total. The van der Waals surface area contributed by atoms with Gasteiger partial charge in [0.1, 0.15) is 5.75 Å². The van der Waals surface area contributed by atoms with Gasteiger partial charge in [0.2, 0.25) is 5.91 Å². The van der Waals surface area contributed by atoms with Gasteiger partial charge in [-0.1, -0.05) is 0 Å². The van der Waals surface area contributed by atoms with Crippen molar-refractivity contribution < 1.29 is 14.3 Å². The molecule has 1 unspecified atom stereocenters. The first kappa shape index (κ1) is 19.9. The Labute approximate surface area is 171 Å². The van der Waals surface area contributed by atoms with Crippen molar-refractivity contribution in [2.24, 2.45) is 5.92 Å². The molecule has 2 aromatic heterocycles. The van der Waals surface area contributed by atoms with Crippen LogP contribution in [0.5, 0.6) is 5.75 Å². The molecule has 1 aliphatic carbocycles. The average molecular weight is 399 g/mol. The van der Waals surface area contributed by atoms with Gasteiger partial charge < -0.3 is 14.8 Å². The van der Waals surface area contributed by atoms with Crippen molar-refractivity contribution in [3.8, 4) is 17.1 Å². The van der Waals surface area contributed by atoms with Gasteiger partial charge in [-0.05, 0) is 69.1 Å². The lowest BCUT2D eigenvalue weighted by Crippen LogP contribution is -2.37. The number of hydrogen-bond donors (Lipinski definition) is 1. The number of amides is 1. The highest BCUT2D eigenvalue weighted by Crippen LogP contribution is 2.29. The number of carbonyl (C=O) groups excluding carboxylic acids is 1. The van der Waals surface area contributed by atoms with Crippen LogP contribution in [0, 0.1) is 5.92 Å². The Morgan fingerprint density at radius 3 is 2.76 bits per heavy atom. The lowest BCUT2D eigenvalue weighted by molar-refractivity contribution is -0.119. The Morgan fingerprint density at radius 1 is 1.21 bits per heavy atom. The zero-order valence-electron chi connectivity index (χ0n) is 17.0. The summed E-state index contributed by atoms with van der Waals surface area (Å²) in [6.45, 7) is 3.07. The fourth-order valence-electron chi connectivity index (χ4n) is 4.26. The van der Waals surface area contributed by atoms with Crippen molar-refractivity contribution >= 4 is 5.91 Å². The van der Waals surface area contributed by atoms with Gasteiger partial charge in [-0.25, -0.2) is 4.68 Å². The van der Waals surface area contributed by atoms with Crippen LogP contribution in [0.2, 0.25) is 0 Å². The molecule has 1 saturated carbocycles. The summed E-state index contributed by atoms with van der Waals surface area (Å²) in [6.07, 6.45) is 11.1. The van der Waals surface area contributed by atoms with Crippen molar-refractivity contribution in [2.45, 2.75) is 64.1 Å². The second-order valence-corrected chi connectivity index (χ2v) is 8.09. The molecule has 0 bridgehead atoms. The molecule has 2 fully saturated rings. The number of ether oxygens (including phenoxy) is 2. The number of rotatable bonds is 6. The summed E-state index contributed by atoms with van der Waals surface area (Å²) >= 11 is 0. The lowest BCUT2D eigenvalue weighted by Gasteiger charge is -2.28. The quantitative estimate of drug-likeness (QED) is 0.802. The third-order valence-corrected chi connectivity index (χ3v) is 5.84. The van der Waals surface area contributed by atoms with Gasteiger partial charge >= 0.3 is 0 Å². The molecule has 0 aromatic carbocycles. The van der Waals surface area contributed by atoms with Crippen LogP contribution >= 0.6 is 0 Å². The van der Waals surface area contributed by atoms with Crippen LogP contribution in [0.25, 0.3) is 11.4 Å². The molecule has 29 heavy (non-hydrogen) atoms. The van der Waals surface area contributed by atoms with Gasteiger partial charge in [0.25, 0.3) is 0 Å². The average Bonchev–Trinajstić information content (AvgIpc) is 3.24. The van der Waals surface area contributed by atoms with Crippen LogP contribution in [-0.2, 0) is 9.53 Å². The molecule has 156 valence electrons. The van der Waals surface area contributed by atoms with E-state index < -0.39 is 0 Å². The maximum absolute atomic E-state index is 11.2. The SMILES string of the molecule is CC(=O)NC1CCC(COc2ccc(-c3ccnn3C3CCCCO3)nc2)CC1. The van der Waals surface area contributed by atoms with Gasteiger partial charge in [0, 0.05) is 25.8 Å². The number of nitrogens with zero attached hydrogens (tertiary/aromatic N) is 3. The van der Waals surface area contributed by atoms with E-state index in [2.05, 4.69) is 15.4 Å². The molecule has 7 nitrogen and oxygen atoms in total. The van der Waals surface area contributed by atoms with E-state index in [9.17, 15) is 4.79 Å². The van der Waals surface area contributed by atoms with E-state index in [-0.39, 0.29) is 12.1 Å². The van der Waals surface area contributed by atoms with E-state index in [1.165, 1.54) is 0 Å². The first-order valence-electron chi connectivity index (χ1n) is 10.7. The molecular formula is C22H30N4O3. The highest BCUT2D eigenvalue weighted by molar-refractivity contribution is 5.73. The minimum Gasteiger partial charge on any atom is -0.492 e. The number of aromatic nitrogens is 3. The van der Waals surface area contributed by atoms with Crippen LogP contribution in [0.3, 0.4) is 0 Å². The molecule has 1 aliphatic heterocycles. The zero-order valence-corrected chi connectivity index (χ0v) is 17.0. The fourth-order valence-corrected chi connectivity index (χ4v) is 4.26. The molecule has 0 radical (unpaired) electrons. The van der Waals surface area contributed by atoms with Crippen molar-refractivity contribution in [2.75, 3.05) is 13.2 Å². The van der Waals surface area contributed by atoms with Gasteiger partial charge in [-0.2, -0.15) is 5.10 Å². The zero-order chi connectivity index (χ0) is 20.1. The molecule has 1 saturated heterocycles. The largest absolute Gasteiger partial charge is 0.492 e. The minimum absolute atomic E-state index is 0.000837. The van der Waals surface area contributed by atoms with Gasteiger partial charge in [0.05, 0.1) is 24.2 Å². The second kappa shape index (κ2) is 9.39. The summed E-state index contributed by atoms with van der Waals surface area (Å²) in [6, 6.07) is 6.26. The number of pyridine rings is 1. The Kier molecular flexibility index (Phi) is 6.44. The topological polar surface area (TPSA) is 78.3 Å². The molecule has 1 atom stereocenters. The summed E-state index contributed by atoms with van der Waals surface area (Å²) in [7, 11) is 0. The first-order valence-corrected chi connectivity index (χ1v) is 10.7. The summed E-state index contributed by atoms with van der Waals surface area (Å²) < 4.78 is 13.8. The molecule has 3 heterocycles. The lowest BCUT2D eigenvalue weighted by atomic mass is 9.86. The number of nitrogens with one attached hydrogen (secondary N) is 1. The summed E-state index contributed by atoms with van der Waals surface area (Å²) in [5.41, 5.74) is 1.85. The Morgan fingerprint density at radius 2 is 2.07 bits per heavy atom. The molecule has 2 aromatic rings. The molecule has 4 rings (SSSR count). The summed E-state index contributed by atoms with van der Waals surface area (Å²) in [5.74, 6) is 1.38. The normalized spacial score (nSPS) is 24.8. The van der Waals surface area contributed by atoms with Crippen LogP contribution in [0.4, 0.5) is 0 Å². The Bertz CT molecular complexity index is 791. The van der Waals surface area contributed by atoms with E-state index in [4.69, 9.17) is 9.47 Å². The van der Waals surface area contributed by atoms with Crippen molar-refractivity contribution in [3.05, 3.63) is 30.6 Å². The van der Waals surface area contributed by atoms with E-state index in [1.807, 2.05) is 22.9 Å². The monoisotopic (exact) mass is 398 g/mol. The third kappa shape index (κ3) is 5.15. The first-order chi connectivity index (χ1) is 14.2. The predicted molar refractivity (Wildman–Crippen MR) is 109 cm³/mol. The highest BCUT2D eigenvalue weighted by atomic mass is 16.5. The van der Waals surface area contributed by atoms with E-state index in [0.717, 1.165) is 68.7 Å². The molecule has 7 heteroatoms. The van der Waals surface area contributed by atoms with Gasteiger partial charge in [0.15, 0.2) is 6.23 Å². The molecule has 2 aliphatic rings. The van der Waals surface area contributed by atoms with Crippen LogP contribution in [0.15, 0.2) is 30.6 Å². The predicted octanol–water partition coefficient (Wildman–Crippen LogP) is 3.72. The summed E-state index contributed by atoms with van der Waals surface area (Å²) in [4.78, 5) is 15.8. The van der Waals surface area contributed by atoms with E-state index >= 15 is 0 Å². The van der Waals surface area contributed by atoms with Gasteiger partial charge in [-0.3, -0.25) is 9.78 Å². The number of hydrogen-bond acceptors (Lipinski definition) is 5. The molecule has 0 spiro atoms. The van der Waals surface area contributed by atoms with Crippen LogP contribution in [0.1, 0.15) is 58.1 Å². The van der Waals surface area contributed by atoms with Crippen molar-refractivity contribution in [1.29, 1.82) is 0 Å². The standard InChI is InChI=1S/C22H30N4O3/c1-16(27)25-18-7-5-17(6-8-18)15-29-19-9-10-20(23-14-19)21-11-12-24-26(21)22-4-2-3-13-28-22/h9-12,14,17-18,22H,2-8,13,15H2,1H3,(H,25,27). The van der Waals surface area contributed by atoms with Gasteiger partial charge in [-0.15, -0.1) is 0 Å². The van der Waals surface area contributed by atoms with Crippen molar-refractivity contribution in [3.63, 3.8) is 0 Å². The molecule has 1 amide bonds. The Hall–Kier alpha value is -2.41. The fraction of sp³-hybridized carbons (Fsp3) is 0.591. The minimum atomic E-state index is -0.000837. The molecular weight excluding hydrogens is 368 g/mol. The smallest absolute Gasteiger partial charge is 0.217 e. The Balaban J connectivity index is 1.30. The number of carbonyl (C=O) groups is 1. The summed E-state index contributed by atoms with van der Waals surface area (Å²) in [5, 5.41) is 7.47. The maximum Gasteiger partial charge on any atom is 0.217 e. The van der Waals surface area contributed by atoms with Crippen molar-refractivity contribution in [1.82, 2.24) is 20.1 Å². The van der Waals surface area contributed by atoms with Crippen LogP contribution in [-0.4, -0.2) is 39.9 Å². The van der Waals surface area contributed by atoms with Crippen LogP contribution < -0.4 is 10.1 Å². The second-order valence-electron chi connectivity index (χ2n) is 8.09.